The van der Waals surface area contributed by atoms with Gasteiger partial charge in [0, 0.05) is 38.4 Å². The molecule has 1 aliphatic heterocycles. The Kier molecular flexibility index (Phi) is 4.99. The van der Waals surface area contributed by atoms with Gasteiger partial charge in [0.25, 0.3) is 0 Å². The van der Waals surface area contributed by atoms with Crippen molar-refractivity contribution in [2.24, 2.45) is 0 Å². The number of nitrogens with zero attached hydrogens (tertiary/aromatic N) is 2. The lowest BCUT2D eigenvalue weighted by Gasteiger charge is -2.37. The molecule has 1 saturated heterocycles. The summed E-state index contributed by atoms with van der Waals surface area (Å²) in [6.45, 7) is 8.99. The van der Waals surface area contributed by atoms with Crippen LogP contribution in [0.3, 0.4) is 0 Å². The van der Waals surface area contributed by atoms with Crippen molar-refractivity contribution in [1.82, 2.24) is 4.90 Å². The maximum atomic E-state index is 10.4. The zero-order valence-corrected chi connectivity index (χ0v) is 14.1. The number of aryl methyl sites for hydroxylation is 2. The average molecular weight is 310 g/mol. The monoisotopic (exact) mass is 310 g/mol. The van der Waals surface area contributed by atoms with E-state index in [4.69, 9.17) is 0 Å². The molecule has 0 aromatic heterocycles. The number of anilines is 1. The number of piperazine rings is 1. The van der Waals surface area contributed by atoms with Gasteiger partial charge in [0.2, 0.25) is 0 Å². The SMILES string of the molecule is Cc1ccc(C(O)CN2CCN(c3ccccc3C)CC2)cc1. The number of benzene rings is 2. The molecule has 1 unspecified atom stereocenters. The van der Waals surface area contributed by atoms with Gasteiger partial charge in [-0.3, -0.25) is 4.90 Å². The molecule has 3 nitrogen and oxygen atoms in total. The Morgan fingerprint density at radius 3 is 2.22 bits per heavy atom. The van der Waals surface area contributed by atoms with Gasteiger partial charge < -0.3 is 10.0 Å². The molecule has 0 radical (unpaired) electrons. The molecule has 0 bridgehead atoms. The molecule has 0 aliphatic carbocycles. The fourth-order valence-electron chi connectivity index (χ4n) is 3.23. The van der Waals surface area contributed by atoms with Crippen LogP contribution in [-0.4, -0.2) is 42.7 Å². The van der Waals surface area contributed by atoms with Crippen LogP contribution in [0, 0.1) is 13.8 Å². The molecule has 1 heterocycles. The topological polar surface area (TPSA) is 26.7 Å². The Balaban J connectivity index is 1.55. The van der Waals surface area contributed by atoms with E-state index in [0.29, 0.717) is 6.54 Å². The van der Waals surface area contributed by atoms with E-state index in [-0.39, 0.29) is 0 Å². The summed E-state index contributed by atoms with van der Waals surface area (Å²) in [7, 11) is 0. The predicted octanol–water partition coefficient (Wildman–Crippen LogP) is 3.16. The van der Waals surface area contributed by atoms with Crippen LogP contribution in [0.2, 0.25) is 0 Å². The van der Waals surface area contributed by atoms with Gasteiger partial charge in [-0.2, -0.15) is 0 Å². The molecule has 122 valence electrons. The molecule has 3 heteroatoms. The highest BCUT2D eigenvalue weighted by molar-refractivity contribution is 5.53. The second-order valence-electron chi connectivity index (χ2n) is 6.50. The van der Waals surface area contributed by atoms with E-state index < -0.39 is 6.10 Å². The Morgan fingerprint density at radius 1 is 0.913 bits per heavy atom. The van der Waals surface area contributed by atoms with Crippen molar-refractivity contribution in [3.63, 3.8) is 0 Å². The fraction of sp³-hybridized carbons (Fsp3) is 0.400. The summed E-state index contributed by atoms with van der Waals surface area (Å²) in [6.07, 6.45) is -0.402. The van der Waals surface area contributed by atoms with Crippen LogP contribution in [0.15, 0.2) is 48.5 Å². The van der Waals surface area contributed by atoms with Crippen molar-refractivity contribution in [1.29, 1.82) is 0 Å². The molecule has 1 N–H and O–H groups in total. The van der Waals surface area contributed by atoms with Gasteiger partial charge in [-0.1, -0.05) is 48.0 Å². The number of β-amino-alcohol motifs (C(OH)–C–C–N with tert-alkyl or cyclic N) is 1. The van der Waals surface area contributed by atoms with Crippen molar-refractivity contribution in [3.8, 4) is 0 Å². The Hall–Kier alpha value is -1.84. The quantitative estimate of drug-likeness (QED) is 0.940. The average Bonchev–Trinajstić information content (AvgIpc) is 2.57. The Bertz CT molecular complexity index is 630. The summed E-state index contributed by atoms with van der Waals surface area (Å²) in [5, 5.41) is 10.4. The number of rotatable bonds is 4. The zero-order chi connectivity index (χ0) is 16.2. The molecule has 23 heavy (non-hydrogen) atoms. The molecule has 1 aliphatic rings. The van der Waals surface area contributed by atoms with Gasteiger partial charge in [0.05, 0.1) is 6.10 Å². The minimum atomic E-state index is -0.402. The largest absolute Gasteiger partial charge is 0.387 e. The highest BCUT2D eigenvalue weighted by Crippen LogP contribution is 2.22. The van der Waals surface area contributed by atoms with E-state index >= 15 is 0 Å². The van der Waals surface area contributed by atoms with Gasteiger partial charge in [-0.15, -0.1) is 0 Å². The maximum Gasteiger partial charge on any atom is 0.0916 e. The number of aliphatic hydroxyl groups is 1. The molecule has 2 aromatic carbocycles. The third-order valence-electron chi connectivity index (χ3n) is 4.72. The minimum absolute atomic E-state index is 0.402. The Morgan fingerprint density at radius 2 is 1.57 bits per heavy atom. The van der Waals surface area contributed by atoms with Crippen LogP contribution in [0.4, 0.5) is 5.69 Å². The van der Waals surface area contributed by atoms with Gasteiger partial charge in [0.1, 0.15) is 0 Å². The lowest BCUT2D eigenvalue weighted by Crippen LogP contribution is -2.47. The summed E-state index contributed by atoms with van der Waals surface area (Å²) in [6, 6.07) is 16.8. The first-order valence-corrected chi connectivity index (χ1v) is 8.41. The van der Waals surface area contributed by atoms with Crippen LogP contribution < -0.4 is 4.90 Å². The summed E-state index contributed by atoms with van der Waals surface area (Å²) < 4.78 is 0. The lowest BCUT2D eigenvalue weighted by molar-refractivity contribution is 0.109. The molecule has 1 fully saturated rings. The van der Waals surface area contributed by atoms with Gasteiger partial charge in [0.15, 0.2) is 0 Å². The van der Waals surface area contributed by atoms with E-state index in [1.54, 1.807) is 0 Å². The van der Waals surface area contributed by atoms with Crippen LogP contribution >= 0.6 is 0 Å². The highest BCUT2D eigenvalue weighted by Gasteiger charge is 2.20. The number of para-hydroxylation sites is 1. The third-order valence-corrected chi connectivity index (χ3v) is 4.72. The first-order chi connectivity index (χ1) is 11.1. The second-order valence-corrected chi connectivity index (χ2v) is 6.50. The van der Waals surface area contributed by atoms with Crippen molar-refractivity contribution in [3.05, 3.63) is 65.2 Å². The van der Waals surface area contributed by atoms with Crippen molar-refractivity contribution < 1.29 is 5.11 Å². The molecule has 3 rings (SSSR count). The lowest BCUT2D eigenvalue weighted by atomic mass is 10.1. The smallest absolute Gasteiger partial charge is 0.0916 e. The minimum Gasteiger partial charge on any atom is -0.387 e. The molecule has 2 aromatic rings. The molecule has 0 saturated carbocycles. The fourth-order valence-corrected chi connectivity index (χ4v) is 3.23. The normalized spacial score (nSPS) is 17.3. The van der Waals surface area contributed by atoms with E-state index in [1.807, 2.05) is 12.1 Å². The van der Waals surface area contributed by atoms with E-state index in [0.717, 1.165) is 31.7 Å². The van der Waals surface area contributed by atoms with Crippen LogP contribution in [0.1, 0.15) is 22.8 Å². The van der Waals surface area contributed by atoms with E-state index in [2.05, 4.69) is 60.0 Å². The van der Waals surface area contributed by atoms with E-state index in [1.165, 1.54) is 16.8 Å². The summed E-state index contributed by atoms with van der Waals surface area (Å²) >= 11 is 0. The van der Waals surface area contributed by atoms with Gasteiger partial charge in [-0.25, -0.2) is 0 Å². The molecule has 0 amide bonds. The summed E-state index contributed by atoms with van der Waals surface area (Å²) in [5.41, 5.74) is 4.91. The molecular formula is C20H26N2O. The number of aliphatic hydroxyl groups excluding tert-OH is 1. The zero-order valence-electron chi connectivity index (χ0n) is 14.1. The standard InChI is InChI=1S/C20H26N2O/c1-16-7-9-18(10-8-16)20(23)15-21-11-13-22(14-12-21)19-6-4-3-5-17(19)2/h3-10,20,23H,11-15H2,1-2H3. The van der Waals surface area contributed by atoms with Crippen molar-refractivity contribution in [2.75, 3.05) is 37.6 Å². The molecule has 0 spiro atoms. The van der Waals surface area contributed by atoms with Gasteiger partial charge in [-0.05, 0) is 31.0 Å². The number of hydrogen-bond acceptors (Lipinski definition) is 3. The van der Waals surface area contributed by atoms with Crippen LogP contribution in [0.5, 0.6) is 0 Å². The van der Waals surface area contributed by atoms with Crippen molar-refractivity contribution in [2.45, 2.75) is 20.0 Å². The first-order valence-electron chi connectivity index (χ1n) is 8.41. The molecule has 1 atom stereocenters. The second kappa shape index (κ2) is 7.16. The van der Waals surface area contributed by atoms with Crippen molar-refractivity contribution >= 4 is 5.69 Å². The first kappa shape index (κ1) is 16.0. The van der Waals surface area contributed by atoms with E-state index in [9.17, 15) is 5.11 Å². The third kappa shape index (κ3) is 3.92. The molecular weight excluding hydrogens is 284 g/mol. The van der Waals surface area contributed by atoms with Crippen LogP contribution in [-0.2, 0) is 0 Å². The summed E-state index contributed by atoms with van der Waals surface area (Å²) in [4.78, 5) is 4.81. The maximum absolute atomic E-state index is 10.4. The van der Waals surface area contributed by atoms with Crippen LogP contribution in [0.25, 0.3) is 0 Å². The predicted molar refractivity (Wildman–Crippen MR) is 96.0 cm³/mol. The number of hydrogen-bond donors (Lipinski definition) is 1. The van der Waals surface area contributed by atoms with Gasteiger partial charge >= 0.3 is 0 Å². The highest BCUT2D eigenvalue weighted by atomic mass is 16.3. The summed E-state index contributed by atoms with van der Waals surface area (Å²) in [5.74, 6) is 0. The Labute approximate surface area is 139 Å².